The van der Waals surface area contributed by atoms with Gasteiger partial charge in [-0.1, -0.05) is 61.0 Å². The number of benzene rings is 3. The summed E-state index contributed by atoms with van der Waals surface area (Å²) in [6, 6.07) is 19.8. The van der Waals surface area contributed by atoms with Gasteiger partial charge in [-0.05, 0) is 47.9 Å². The molecule has 2 unspecified atom stereocenters. The summed E-state index contributed by atoms with van der Waals surface area (Å²) >= 11 is 0. The zero-order chi connectivity index (χ0) is 18.8. The van der Waals surface area contributed by atoms with Crippen molar-refractivity contribution in [2.75, 3.05) is 6.54 Å². The average molecular weight is 363 g/mol. The lowest BCUT2D eigenvalue weighted by Gasteiger charge is -2.39. The van der Waals surface area contributed by atoms with Crippen LogP contribution >= 0.6 is 0 Å². The number of fused-ring (bicyclic) bond motifs is 1. The molecule has 1 fully saturated rings. The van der Waals surface area contributed by atoms with Crippen molar-refractivity contribution in [1.29, 1.82) is 0 Å². The van der Waals surface area contributed by atoms with Crippen LogP contribution in [0, 0.1) is 5.82 Å². The van der Waals surface area contributed by atoms with E-state index in [4.69, 9.17) is 0 Å². The topological polar surface area (TPSA) is 40.5 Å². The summed E-state index contributed by atoms with van der Waals surface area (Å²) in [7, 11) is 0. The van der Waals surface area contributed by atoms with E-state index in [2.05, 4.69) is 6.07 Å². The number of nitrogens with zero attached hydrogens (tertiary/aromatic N) is 1. The Morgan fingerprint density at radius 3 is 2.52 bits per heavy atom. The van der Waals surface area contributed by atoms with Gasteiger partial charge in [0, 0.05) is 5.56 Å². The van der Waals surface area contributed by atoms with Crippen molar-refractivity contribution in [1.82, 2.24) is 4.90 Å². The standard InChI is InChI=1S/C23H22FNO2/c24-20-10-4-3-9-19(20)22(25-14-6-5-11-21(25)23(26)27)18-13-12-16-7-1-2-8-17(16)15-18/h1-4,7-10,12-13,15,21-22H,5-6,11,14H2,(H,26,27). The molecule has 0 amide bonds. The van der Waals surface area contributed by atoms with E-state index in [0.29, 0.717) is 18.5 Å². The van der Waals surface area contributed by atoms with Gasteiger partial charge in [-0.15, -0.1) is 0 Å². The summed E-state index contributed by atoms with van der Waals surface area (Å²) in [6.45, 7) is 0.642. The van der Waals surface area contributed by atoms with Crippen molar-refractivity contribution in [2.45, 2.75) is 31.3 Å². The molecule has 27 heavy (non-hydrogen) atoms. The normalized spacial score (nSPS) is 19.1. The number of halogens is 1. The molecule has 0 bridgehead atoms. The van der Waals surface area contributed by atoms with Crippen LogP contribution in [0.1, 0.15) is 36.4 Å². The molecule has 0 radical (unpaired) electrons. The zero-order valence-electron chi connectivity index (χ0n) is 15.0. The van der Waals surface area contributed by atoms with Crippen LogP contribution in [0.4, 0.5) is 4.39 Å². The van der Waals surface area contributed by atoms with Gasteiger partial charge in [0.1, 0.15) is 11.9 Å². The Bertz CT molecular complexity index is 971. The second kappa shape index (κ2) is 7.49. The first kappa shape index (κ1) is 17.7. The number of aliphatic carboxylic acids is 1. The molecule has 1 N–H and O–H groups in total. The van der Waals surface area contributed by atoms with Crippen LogP contribution in [-0.4, -0.2) is 28.6 Å². The first-order chi connectivity index (χ1) is 13.1. The molecule has 4 rings (SSSR count). The fourth-order valence-electron chi connectivity index (χ4n) is 4.15. The minimum absolute atomic E-state index is 0.301. The van der Waals surface area contributed by atoms with E-state index in [9.17, 15) is 14.3 Å². The number of carboxylic acids is 1. The molecule has 4 heteroatoms. The Labute approximate surface area is 158 Å². The van der Waals surface area contributed by atoms with Crippen molar-refractivity contribution in [3.05, 3.63) is 83.7 Å². The third-order valence-electron chi connectivity index (χ3n) is 5.45. The minimum Gasteiger partial charge on any atom is -0.480 e. The van der Waals surface area contributed by atoms with E-state index in [1.54, 1.807) is 12.1 Å². The smallest absolute Gasteiger partial charge is 0.320 e. The van der Waals surface area contributed by atoms with E-state index in [-0.39, 0.29) is 5.82 Å². The Morgan fingerprint density at radius 1 is 1.00 bits per heavy atom. The largest absolute Gasteiger partial charge is 0.480 e. The maximum atomic E-state index is 14.7. The maximum Gasteiger partial charge on any atom is 0.320 e. The lowest BCUT2D eigenvalue weighted by atomic mass is 9.90. The van der Waals surface area contributed by atoms with Crippen LogP contribution in [0.25, 0.3) is 10.8 Å². The molecular weight excluding hydrogens is 341 g/mol. The van der Waals surface area contributed by atoms with Crippen molar-refractivity contribution >= 4 is 16.7 Å². The second-order valence-corrected chi connectivity index (χ2v) is 7.12. The summed E-state index contributed by atoms with van der Waals surface area (Å²) in [4.78, 5) is 13.8. The van der Waals surface area contributed by atoms with E-state index < -0.39 is 18.1 Å². The summed E-state index contributed by atoms with van der Waals surface area (Å²) in [6.07, 6.45) is 2.39. The van der Waals surface area contributed by atoms with Gasteiger partial charge in [0.25, 0.3) is 0 Å². The number of likely N-dealkylation sites (tertiary alicyclic amines) is 1. The van der Waals surface area contributed by atoms with Gasteiger partial charge in [0.2, 0.25) is 0 Å². The summed E-state index contributed by atoms with van der Waals surface area (Å²) in [5.74, 6) is -1.14. The first-order valence-corrected chi connectivity index (χ1v) is 9.37. The fraction of sp³-hybridized carbons (Fsp3) is 0.261. The fourth-order valence-corrected chi connectivity index (χ4v) is 4.15. The summed E-state index contributed by atoms with van der Waals surface area (Å²) in [5.41, 5.74) is 1.45. The first-order valence-electron chi connectivity index (χ1n) is 9.37. The third kappa shape index (κ3) is 3.45. The van der Waals surface area contributed by atoms with Crippen LogP contribution in [0.3, 0.4) is 0 Å². The third-order valence-corrected chi connectivity index (χ3v) is 5.45. The van der Waals surface area contributed by atoms with Crippen molar-refractivity contribution < 1.29 is 14.3 Å². The molecule has 1 saturated heterocycles. The summed E-state index contributed by atoms with van der Waals surface area (Å²) in [5, 5.41) is 11.9. The van der Waals surface area contributed by atoms with Crippen LogP contribution in [0.15, 0.2) is 66.7 Å². The van der Waals surface area contributed by atoms with Gasteiger partial charge >= 0.3 is 5.97 Å². The van der Waals surface area contributed by atoms with Gasteiger partial charge in [0.05, 0.1) is 6.04 Å². The van der Waals surface area contributed by atoms with Gasteiger partial charge < -0.3 is 5.11 Å². The van der Waals surface area contributed by atoms with E-state index in [1.807, 2.05) is 47.4 Å². The number of hydrogen-bond donors (Lipinski definition) is 1. The van der Waals surface area contributed by atoms with E-state index in [1.165, 1.54) is 6.07 Å². The molecule has 3 aromatic rings. The second-order valence-electron chi connectivity index (χ2n) is 7.12. The molecule has 1 heterocycles. The number of carbonyl (C=O) groups is 1. The summed E-state index contributed by atoms with van der Waals surface area (Å²) < 4.78 is 14.7. The molecule has 138 valence electrons. The molecule has 0 saturated carbocycles. The average Bonchev–Trinajstić information content (AvgIpc) is 2.70. The lowest BCUT2D eigenvalue weighted by Crippen LogP contribution is -2.47. The zero-order valence-corrected chi connectivity index (χ0v) is 15.0. The molecule has 0 aliphatic carbocycles. The van der Waals surface area contributed by atoms with Crippen LogP contribution in [0.2, 0.25) is 0 Å². The number of piperidine rings is 1. The Kier molecular flexibility index (Phi) is 4.90. The van der Waals surface area contributed by atoms with Gasteiger partial charge in [0.15, 0.2) is 0 Å². The van der Waals surface area contributed by atoms with Gasteiger partial charge in [-0.2, -0.15) is 0 Å². The number of rotatable bonds is 4. The Morgan fingerprint density at radius 2 is 1.74 bits per heavy atom. The number of carboxylic acid groups (broad SMARTS) is 1. The molecule has 3 nitrogen and oxygen atoms in total. The lowest BCUT2D eigenvalue weighted by molar-refractivity contribution is -0.145. The van der Waals surface area contributed by atoms with Crippen LogP contribution in [0.5, 0.6) is 0 Å². The highest BCUT2D eigenvalue weighted by molar-refractivity contribution is 5.83. The van der Waals surface area contributed by atoms with E-state index >= 15 is 0 Å². The van der Waals surface area contributed by atoms with Crippen molar-refractivity contribution in [3.8, 4) is 0 Å². The van der Waals surface area contributed by atoms with Crippen molar-refractivity contribution in [2.24, 2.45) is 0 Å². The van der Waals surface area contributed by atoms with Gasteiger partial charge in [-0.3, -0.25) is 9.69 Å². The predicted octanol–water partition coefficient (Wildman–Crippen LogP) is 5.01. The van der Waals surface area contributed by atoms with Gasteiger partial charge in [-0.25, -0.2) is 4.39 Å². The molecule has 0 spiro atoms. The molecular formula is C23H22FNO2. The quantitative estimate of drug-likeness (QED) is 0.708. The van der Waals surface area contributed by atoms with E-state index in [0.717, 1.165) is 29.2 Å². The molecule has 1 aliphatic rings. The molecule has 1 aliphatic heterocycles. The highest BCUT2D eigenvalue weighted by Gasteiger charge is 2.36. The highest BCUT2D eigenvalue weighted by atomic mass is 19.1. The monoisotopic (exact) mass is 363 g/mol. The predicted molar refractivity (Wildman–Crippen MR) is 104 cm³/mol. The molecule has 2 atom stereocenters. The Balaban J connectivity index is 1.87. The number of hydrogen-bond acceptors (Lipinski definition) is 2. The maximum absolute atomic E-state index is 14.7. The highest BCUT2D eigenvalue weighted by Crippen LogP contribution is 2.36. The SMILES string of the molecule is O=C(O)C1CCCCN1C(c1ccc2ccccc2c1)c1ccccc1F. The molecule has 3 aromatic carbocycles. The molecule has 0 aromatic heterocycles. The van der Waals surface area contributed by atoms with Crippen LogP contribution in [-0.2, 0) is 4.79 Å². The van der Waals surface area contributed by atoms with Crippen LogP contribution < -0.4 is 0 Å². The minimum atomic E-state index is -0.836. The van der Waals surface area contributed by atoms with Crippen molar-refractivity contribution in [3.63, 3.8) is 0 Å². The Hall–Kier alpha value is -2.72.